The van der Waals surface area contributed by atoms with Crippen molar-refractivity contribution in [1.29, 1.82) is 0 Å². The topological polar surface area (TPSA) is 56.8 Å². The lowest BCUT2D eigenvalue weighted by Crippen LogP contribution is -2.49. The Morgan fingerprint density at radius 3 is 2.38 bits per heavy atom. The van der Waals surface area contributed by atoms with Gasteiger partial charge in [0.05, 0.1) is 0 Å². The molecule has 1 aliphatic rings. The Kier molecular flexibility index (Phi) is 7.16. The van der Waals surface area contributed by atoms with E-state index in [-0.39, 0.29) is 17.6 Å². The van der Waals surface area contributed by atoms with E-state index < -0.39 is 0 Å². The molecule has 0 radical (unpaired) electrons. The summed E-state index contributed by atoms with van der Waals surface area (Å²) in [5.74, 6) is 0.674. The number of hydrogen-bond acceptors (Lipinski definition) is 4. The molecule has 0 saturated carbocycles. The molecule has 1 aromatic heterocycles. The van der Waals surface area contributed by atoms with E-state index in [4.69, 9.17) is 0 Å². The van der Waals surface area contributed by atoms with Crippen LogP contribution in [0.5, 0.6) is 0 Å². The van der Waals surface area contributed by atoms with Crippen LogP contribution in [-0.4, -0.2) is 65.9 Å². The number of pyridine rings is 1. The minimum atomic E-state index is -0.272. The van der Waals surface area contributed by atoms with Gasteiger partial charge in [-0.3, -0.25) is 9.59 Å². The van der Waals surface area contributed by atoms with Crippen molar-refractivity contribution in [3.8, 4) is 0 Å². The van der Waals surface area contributed by atoms with E-state index in [2.05, 4.69) is 9.88 Å². The van der Waals surface area contributed by atoms with Gasteiger partial charge < -0.3 is 14.7 Å². The van der Waals surface area contributed by atoms with Crippen molar-refractivity contribution >= 4 is 17.6 Å². The number of aromatic nitrogens is 1. The molecule has 2 aromatic rings. The Labute approximate surface area is 170 Å². The molecule has 0 N–H and O–H groups in total. The van der Waals surface area contributed by atoms with Gasteiger partial charge in [-0.15, -0.1) is 0 Å². The van der Waals surface area contributed by atoms with E-state index in [0.29, 0.717) is 39.0 Å². The smallest absolute Gasteiger partial charge is 0.224 e. The molecular weight excluding hydrogens is 371 g/mol. The summed E-state index contributed by atoms with van der Waals surface area (Å²) >= 11 is 0. The van der Waals surface area contributed by atoms with Crippen LogP contribution in [0.15, 0.2) is 48.7 Å². The summed E-state index contributed by atoms with van der Waals surface area (Å²) in [6.07, 6.45) is 2.72. The normalized spacial score (nSPS) is 14.0. The molecule has 1 saturated heterocycles. The number of piperazine rings is 1. The molecule has 0 spiro atoms. The number of hydrogen-bond donors (Lipinski definition) is 0. The number of anilines is 1. The minimum absolute atomic E-state index is 0.0557. The third-order valence-electron chi connectivity index (χ3n) is 5.23. The third kappa shape index (κ3) is 6.01. The monoisotopic (exact) mass is 398 g/mol. The van der Waals surface area contributed by atoms with Gasteiger partial charge in [-0.05, 0) is 36.2 Å². The van der Waals surface area contributed by atoms with Crippen molar-refractivity contribution in [2.45, 2.75) is 19.8 Å². The van der Waals surface area contributed by atoms with E-state index in [9.17, 15) is 14.0 Å². The number of carbonyl (C=O) groups is 2. The van der Waals surface area contributed by atoms with Crippen LogP contribution in [0.4, 0.5) is 10.2 Å². The molecule has 0 atom stereocenters. The zero-order valence-electron chi connectivity index (χ0n) is 16.8. The van der Waals surface area contributed by atoms with Gasteiger partial charge in [-0.2, -0.15) is 0 Å². The van der Waals surface area contributed by atoms with Crippen molar-refractivity contribution in [1.82, 2.24) is 14.8 Å². The van der Waals surface area contributed by atoms with Crippen LogP contribution in [0.2, 0.25) is 0 Å². The Bertz CT molecular complexity index is 805. The molecule has 154 valence electrons. The Morgan fingerprint density at radius 2 is 1.76 bits per heavy atom. The fourth-order valence-corrected chi connectivity index (χ4v) is 3.46. The second-order valence-corrected chi connectivity index (χ2v) is 7.19. The Morgan fingerprint density at radius 1 is 1.03 bits per heavy atom. The SMILES string of the molecule is CC(=O)N(CCC(=O)N1CCN(c2ccccn2)CC1)CCc1ccc(F)cc1. The zero-order valence-corrected chi connectivity index (χ0v) is 16.8. The van der Waals surface area contributed by atoms with E-state index in [1.54, 1.807) is 23.2 Å². The molecule has 2 heterocycles. The van der Waals surface area contributed by atoms with Crippen LogP contribution in [0.3, 0.4) is 0 Å². The van der Waals surface area contributed by atoms with Gasteiger partial charge in [0.1, 0.15) is 11.6 Å². The summed E-state index contributed by atoms with van der Waals surface area (Å²) in [7, 11) is 0. The van der Waals surface area contributed by atoms with Gasteiger partial charge in [0, 0.05) is 58.8 Å². The molecule has 2 amide bonds. The first kappa shape index (κ1) is 20.8. The number of benzene rings is 1. The van der Waals surface area contributed by atoms with Gasteiger partial charge >= 0.3 is 0 Å². The first-order valence-corrected chi connectivity index (χ1v) is 9.96. The van der Waals surface area contributed by atoms with E-state index in [1.165, 1.54) is 19.1 Å². The number of amides is 2. The average Bonchev–Trinajstić information content (AvgIpc) is 2.75. The maximum atomic E-state index is 13.0. The maximum absolute atomic E-state index is 13.0. The molecule has 7 heteroatoms. The largest absolute Gasteiger partial charge is 0.353 e. The summed E-state index contributed by atoms with van der Waals surface area (Å²) in [5.41, 5.74) is 0.967. The number of nitrogens with zero attached hydrogens (tertiary/aromatic N) is 4. The second-order valence-electron chi connectivity index (χ2n) is 7.19. The highest BCUT2D eigenvalue weighted by Gasteiger charge is 2.22. The lowest BCUT2D eigenvalue weighted by atomic mass is 10.1. The molecule has 0 aliphatic carbocycles. The van der Waals surface area contributed by atoms with Crippen LogP contribution >= 0.6 is 0 Å². The lowest BCUT2D eigenvalue weighted by molar-refractivity contribution is -0.133. The Hall–Kier alpha value is -2.96. The molecule has 0 bridgehead atoms. The van der Waals surface area contributed by atoms with Crippen molar-refractivity contribution in [3.05, 3.63) is 60.0 Å². The van der Waals surface area contributed by atoms with Crippen molar-refractivity contribution in [3.63, 3.8) is 0 Å². The number of carbonyl (C=O) groups excluding carboxylic acids is 2. The fourth-order valence-electron chi connectivity index (χ4n) is 3.46. The lowest BCUT2D eigenvalue weighted by Gasteiger charge is -2.35. The summed E-state index contributed by atoms with van der Waals surface area (Å²) in [6.45, 7) is 5.25. The van der Waals surface area contributed by atoms with Crippen LogP contribution < -0.4 is 4.90 Å². The van der Waals surface area contributed by atoms with Crippen molar-refractivity contribution < 1.29 is 14.0 Å². The van der Waals surface area contributed by atoms with Gasteiger partial charge in [0.2, 0.25) is 11.8 Å². The van der Waals surface area contributed by atoms with Crippen LogP contribution in [0.1, 0.15) is 18.9 Å². The second kappa shape index (κ2) is 10.0. The predicted molar refractivity (Wildman–Crippen MR) is 110 cm³/mol. The molecule has 29 heavy (non-hydrogen) atoms. The van der Waals surface area contributed by atoms with Gasteiger partial charge in [-0.1, -0.05) is 18.2 Å². The van der Waals surface area contributed by atoms with Crippen LogP contribution in [0, 0.1) is 5.82 Å². The number of halogens is 1. The summed E-state index contributed by atoms with van der Waals surface area (Å²) in [5, 5.41) is 0. The van der Waals surface area contributed by atoms with E-state index >= 15 is 0 Å². The van der Waals surface area contributed by atoms with Crippen LogP contribution in [-0.2, 0) is 16.0 Å². The van der Waals surface area contributed by atoms with Crippen LogP contribution in [0.25, 0.3) is 0 Å². The zero-order chi connectivity index (χ0) is 20.6. The minimum Gasteiger partial charge on any atom is -0.353 e. The summed E-state index contributed by atoms with van der Waals surface area (Å²) in [4.78, 5) is 34.6. The fraction of sp³-hybridized carbons (Fsp3) is 0.409. The highest BCUT2D eigenvalue weighted by atomic mass is 19.1. The first-order chi connectivity index (χ1) is 14.0. The average molecular weight is 398 g/mol. The molecule has 6 nitrogen and oxygen atoms in total. The Balaban J connectivity index is 1.44. The van der Waals surface area contributed by atoms with Gasteiger partial charge in [0.15, 0.2) is 0 Å². The highest BCUT2D eigenvalue weighted by molar-refractivity contribution is 5.78. The molecule has 3 rings (SSSR count). The molecule has 1 aromatic carbocycles. The van der Waals surface area contributed by atoms with Gasteiger partial charge in [-0.25, -0.2) is 9.37 Å². The maximum Gasteiger partial charge on any atom is 0.224 e. The molecule has 1 aliphatic heterocycles. The van der Waals surface area contributed by atoms with Crippen molar-refractivity contribution in [2.75, 3.05) is 44.2 Å². The standard InChI is InChI=1S/C22H27FN4O2/c1-18(28)25(12-9-19-5-7-20(23)8-6-19)13-10-22(29)27-16-14-26(15-17-27)21-4-2-3-11-24-21/h2-8,11H,9-10,12-17H2,1H3. The summed E-state index contributed by atoms with van der Waals surface area (Å²) in [6, 6.07) is 12.1. The quantitative estimate of drug-likeness (QED) is 0.719. The van der Waals surface area contributed by atoms with Crippen molar-refractivity contribution in [2.24, 2.45) is 0 Å². The molecular formula is C22H27FN4O2. The third-order valence-corrected chi connectivity index (χ3v) is 5.23. The molecule has 0 unspecified atom stereocenters. The number of rotatable bonds is 7. The first-order valence-electron chi connectivity index (χ1n) is 9.96. The van der Waals surface area contributed by atoms with E-state index in [1.807, 2.05) is 23.1 Å². The predicted octanol–water partition coefficient (Wildman–Crippen LogP) is 2.35. The van der Waals surface area contributed by atoms with Gasteiger partial charge in [0.25, 0.3) is 0 Å². The summed E-state index contributed by atoms with van der Waals surface area (Å²) < 4.78 is 13.0. The highest BCUT2D eigenvalue weighted by Crippen LogP contribution is 2.13. The van der Waals surface area contributed by atoms with E-state index in [0.717, 1.165) is 24.5 Å². The molecule has 1 fully saturated rings.